The van der Waals surface area contributed by atoms with Gasteiger partial charge < -0.3 is 14.8 Å². The number of nitrogens with one attached hydrogen (secondary N) is 1. The molecule has 0 aliphatic carbocycles. The number of hydrogen-bond acceptors (Lipinski definition) is 5. The van der Waals surface area contributed by atoms with Gasteiger partial charge in [-0.25, -0.2) is 0 Å². The maximum absolute atomic E-state index is 11.8. The van der Waals surface area contributed by atoms with Gasteiger partial charge in [0.1, 0.15) is 31.2 Å². The van der Waals surface area contributed by atoms with Crippen molar-refractivity contribution in [1.29, 1.82) is 0 Å². The van der Waals surface area contributed by atoms with Crippen LogP contribution in [0.5, 0.6) is 5.75 Å². The van der Waals surface area contributed by atoms with Gasteiger partial charge in [-0.3, -0.25) is 14.6 Å². The highest BCUT2D eigenvalue weighted by atomic mass is 79.9. The Morgan fingerprint density at radius 3 is 2.62 bits per heavy atom. The van der Waals surface area contributed by atoms with Gasteiger partial charge in [0, 0.05) is 15.7 Å². The molecule has 0 atom stereocenters. The maximum atomic E-state index is 11.8. The number of nitrogens with zero attached hydrogens (tertiary/aromatic N) is 1. The average molecular weight is 414 g/mol. The number of benzene rings is 1. The summed E-state index contributed by atoms with van der Waals surface area (Å²) in [7, 11) is 0. The summed E-state index contributed by atoms with van der Waals surface area (Å²) in [6.07, 6.45) is 1.41. The van der Waals surface area contributed by atoms with Crippen LogP contribution in [0.3, 0.4) is 0 Å². The van der Waals surface area contributed by atoms with E-state index in [-0.39, 0.29) is 25.5 Å². The largest absolute Gasteiger partial charge is 0.490 e. The minimum absolute atomic E-state index is 0.0835. The number of amides is 1. The normalized spacial score (nSPS) is 10.1. The third-order valence-electron chi connectivity index (χ3n) is 2.78. The van der Waals surface area contributed by atoms with Crippen molar-refractivity contribution in [3.63, 3.8) is 0 Å². The number of hydrogen-bond donors (Lipinski definition) is 1. The highest BCUT2D eigenvalue weighted by molar-refractivity contribution is 9.10. The third kappa shape index (κ3) is 6.17. The molecule has 24 heavy (non-hydrogen) atoms. The first kappa shape index (κ1) is 18.2. The Balaban J connectivity index is 1.64. The molecule has 0 unspecified atom stereocenters. The number of carbonyl (C=O) groups excluding carboxylic acids is 2. The SMILES string of the molecule is O=C(CNC(=O)c1cc(Cl)ccn1)OCCOc1ccc(Br)cc1. The summed E-state index contributed by atoms with van der Waals surface area (Å²) in [4.78, 5) is 27.2. The second-order valence-corrected chi connectivity index (χ2v) is 5.92. The molecular weight excluding hydrogens is 400 g/mol. The van der Waals surface area contributed by atoms with Crippen molar-refractivity contribution in [1.82, 2.24) is 10.3 Å². The summed E-state index contributed by atoms with van der Waals surface area (Å²) in [6.45, 7) is 0.0443. The summed E-state index contributed by atoms with van der Waals surface area (Å²) in [5.74, 6) is -0.389. The molecule has 6 nitrogen and oxygen atoms in total. The van der Waals surface area contributed by atoms with E-state index in [0.717, 1.165) is 4.47 Å². The molecule has 0 radical (unpaired) electrons. The molecule has 2 rings (SSSR count). The van der Waals surface area contributed by atoms with Crippen LogP contribution >= 0.6 is 27.5 Å². The van der Waals surface area contributed by atoms with Gasteiger partial charge in [-0.05, 0) is 36.4 Å². The molecular formula is C16H14BrClN2O4. The average Bonchev–Trinajstić information content (AvgIpc) is 2.58. The summed E-state index contributed by atoms with van der Waals surface area (Å²) in [5, 5.41) is 2.80. The van der Waals surface area contributed by atoms with E-state index >= 15 is 0 Å². The molecule has 0 fully saturated rings. The molecule has 1 heterocycles. The smallest absolute Gasteiger partial charge is 0.325 e. The molecule has 0 saturated heterocycles. The number of halogens is 2. The van der Waals surface area contributed by atoms with Crippen molar-refractivity contribution < 1.29 is 19.1 Å². The molecule has 2 aromatic rings. The van der Waals surface area contributed by atoms with Crippen molar-refractivity contribution in [3.8, 4) is 5.75 Å². The van der Waals surface area contributed by atoms with Crippen LogP contribution in [0.1, 0.15) is 10.5 Å². The zero-order valence-electron chi connectivity index (χ0n) is 12.5. The quantitative estimate of drug-likeness (QED) is 0.558. The van der Waals surface area contributed by atoms with Gasteiger partial charge in [-0.1, -0.05) is 27.5 Å². The number of pyridine rings is 1. The van der Waals surface area contributed by atoms with Gasteiger partial charge in [0.05, 0.1) is 0 Å². The summed E-state index contributed by atoms with van der Waals surface area (Å²) < 4.78 is 11.3. The van der Waals surface area contributed by atoms with Gasteiger partial charge in [0.25, 0.3) is 5.91 Å². The molecule has 8 heteroatoms. The van der Waals surface area contributed by atoms with Gasteiger partial charge in [-0.2, -0.15) is 0 Å². The molecule has 1 amide bonds. The van der Waals surface area contributed by atoms with Crippen LogP contribution in [0, 0.1) is 0 Å². The molecule has 1 aromatic carbocycles. The van der Waals surface area contributed by atoms with Crippen LogP contribution in [0.25, 0.3) is 0 Å². The number of rotatable bonds is 7. The first-order chi connectivity index (χ1) is 11.5. The summed E-state index contributed by atoms with van der Waals surface area (Å²) >= 11 is 9.09. The maximum Gasteiger partial charge on any atom is 0.325 e. The summed E-state index contributed by atoms with van der Waals surface area (Å²) in [6, 6.07) is 10.3. The van der Waals surface area contributed by atoms with E-state index in [1.54, 1.807) is 18.2 Å². The molecule has 0 aliphatic rings. The van der Waals surface area contributed by atoms with Crippen molar-refractivity contribution in [2.24, 2.45) is 0 Å². The Kier molecular flexibility index (Phi) is 7.02. The molecule has 0 spiro atoms. The van der Waals surface area contributed by atoms with E-state index in [9.17, 15) is 9.59 Å². The number of aromatic nitrogens is 1. The molecule has 0 bridgehead atoms. The van der Waals surface area contributed by atoms with Gasteiger partial charge in [-0.15, -0.1) is 0 Å². The van der Waals surface area contributed by atoms with Gasteiger partial charge >= 0.3 is 5.97 Å². The first-order valence-corrected chi connectivity index (χ1v) is 8.15. The molecule has 1 N–H and O–H groups in total. The lowest BCUT2D eigenvalue weighted by Crippen LogP contribution is -2.31. The predicted octanol–water partition coefficient (Wildman–Crippen LogP) is 2.85. The lowest BCUT2D eigenvalue weighted by molar-refractivity contribution is -0.143. The number of esters is 1. The van der Waals surface area contributed by atoms with Crippen molar-refractivity contribution >= 4 is 39.4 Å². The van der Waals surface area contributed by atoms with Crippen LogP contribution < -0.4 is 10.1 Å². The fourth-order valence-corrected chi connectivity index (χ4v) is 2.09. The number of carbonyl (C=O) groups is 2. The Hall–Kier alpha value is -2.12. The Labute approximate surface area is 152 Å². The number of ether oxygens (including phenoxy) is 2. The predicted molar refractivity (Wildman–Crippen MR) is 92.2 cm³/mol. The van der Waals surface area contributed by atoms with Gasteiger partial charge in [0.2, 0.25) is 0 Å². The third-order valence-corrected chi connectivity index (χ3v) is 3.54. The summed E-state index contributed by atoms with van der Waals surface area (Å²) in [5.41, 5.74) is 0.133. The van der Waals surface area contributed by atoms with Crippen LogP contribution in [0.2, 0.25) is 5.02 Å². The highest BCUT2D eigenvalue weighted by Crippen LogP contribution is 2.15. The van der Waals surface area contributed by atoms with Crippen molar-refractivity contribution in [3.05, 3.63) is 57.8 Å². The van der Waals surface area contributed by atoms with Crippen molar-refractivity contribution in [2.45, 2.75) is 0 Å². The monoisotopic (exact) mass is 412 g/mol. The Morgan fingerprint density at radius 2 is 1.92 bits per heavy atom. The molecule has 126 valence electrons. The molecule has 0 saturated carbocycles. The Bertz CT molecular complexity index is 709. The van der Waals surface area contributed by atoms with Crippen LogP contribution in [-0.2, 0) is 9.53 Å². The minimum Gasteiger partial charge on any atom is -0.490 e. The zero-order chi connectivity index (χ0) is 17.4. The lowest BCUT2D eigenvalue weighted by atomic mass is 10.3. The standard InChI is InChI=1S/C16H14BrClN2O4/c17-11-1-3-13(4-2-11)23-7-8-24-15(21)10-20-16(22)14-9-12(18)5-6-19-14/h1-6,9H,7-8,10H2,(H,20,22). The fourth-order valence-electron chi connectivity index (χ4n) is 1.67. The van der Waals surface area contributed by atoms with E-state index < -0.39 is 11.9 Å². The Morgan fingerprint density at radius 1 is 1.17 bits per heavy atom. The van der Waals surface area contributed by atoms with Crippen LogP contribution in [-0.4, -0.2) is 36.6 Å². The van der Waals surface area contributed by atoms with Crippen molar-refractivity contribution in [2.75, 3.05) is 19.8 Å². The zero-order valence-corrected chi connectivity index (χ0v) is 14.8. The fraction of sp³-hybridized carbons (Fsp3) is 0.188. The second kappa shape index (κ2) is 9.24. The van der Waals surface area contributed by atoms with E-state index in [2.05, 4.69) is 26.2 Å². The molecule has 1 aromatic heterocycles. The molecule has 0 aliphatic heterocycles. The van der Waals surface area contributed by atoms with Crippen LogP contribution in [0.15, 0.2) is 47.1 Å². The second-order valence-electron chi connectivity index (χ2n) is 4.56. The topological polar surface area (TPSA) is 77.5 Å². The van der Waals surface area contributed by atoms with E-state index in [1.165, 1.54) is 12.3 Å². The van der Waals surface area contributed by atoms with Gasteiger partial charge in [0.15, 0.2) is 0 Å². The van der Waals surface area contributed by atoms with E-state index in [4.69, 9.17) is 21.1 Å². The minimum atomic E-state index is -0.565. The highest BCUT2D eigenvalue weighted by Gasteiger charge is 2.10. The van der Waals surface area contributed by atoms with E-state index in [1.807, 2.05) is 12.1 Å². The van der Waals surface area contributed by atoms with E-state index in [0.29, 0.717) is 10.8 Å². The first-order valence-electron chi connectivity index (χ1n) is 6.98. The lowest BCUT2D eigenvalue weighted by Gasteiger charge is -2.08. The van der Waals surface area contributed by atoms with Crippen LogP contribution in [0.4, 0.5) is 0 Å².